The summed E-state index contributed by atoms with van der Waals surface area (Å²) in [5, 5.41) is 3.71. The van der Waals surface area contributed by atoms with Crippen molar-refractivity contribution in [3.8, 4) is 27.6 Å². The molecule has 0 saturated heterocycles. The molecule has 6 aromatic rings. The lowest BCUT2D eigenvalue weighted by Crippen LogP contribution is -2.39. The molecule has 4 aromatic carbocycles. The Kier molecular flexibility index (Phi) is 8.59. The third-order valence-electron chi connectivity index (χ3n) is 7.60. The van der Waals surface area contributed by atoms with E-state index in [0.29, 0.717) is 28.4 Å². The SMILES string of the molecule is COc1ccc(-c2sc3c(c2CNCc2ccccc2)c(=O)n(-c2ccccc2OC)c(=O)n3Cc2c(F)cccc2F)cc1. The van der Waals surface area contributed by atoms with E-state index >= 15 is 0 Å². The van der Waals surface area contributed by atoms with Crippen molar-refractivity contribution >= 4 is 21.6 Å². The molecule has 0 spiro atoms. The predicted octanol–water partition coefficient (Wildman–Crippen LogP) is 6.51. The Morgan fingerprint density at radius 1 is 0.756 bits per heavy atom. The summed E-state index contributed by atoms with van der Waals surface area (Å²) in [5.41, 5.74) is 1.15. The molecule has 1 N–H and O–H groups in total. The lowest BCUT2D eigenvalue weighted by atomic mass is 10.1. The van der Waals surface area contributed by atoms with Gasteiger partial charge in [-0.25, -0.2) is 18.1 Å². The maximum Gasteiger partial charge on any atom is 0.337 e. The van der Waals surface area contributed by atoms with Crippen molar-refractivity contribution in [3.63, 3.8) is 0 Å². The molecule has 2 aromatic heterocycles. The van der Waals surface area contributed by atoms with Crippen LogP contribution in [0.1, 0.15) is 16.7 Å². The van der Waals surface area contributed by atoms with Crippen LogP contribution in [0.5, 0.6) is 11.5 Å². The minimum absolute atomic E-state index is 0.222. The van der Waals surface area contributed by atoms with Crippen LogP contribution in [0, 0.1) is 11.6 Å². The number of halogens is 2. The Balaban J connectivity index is 1.64. The number of aromatic nitrogens is 2. The van der Waals surface area contributed by atoms with Gasteiger partial charge in [-0.15, -0.1) is 11.3 Å². The van der Waals surface area contributed by atoms with E-state index < -0.39 is 29.4 Å². The number of hydrogen-bond acceptors (Lipinski definition) is 6. The number of hydrogen-bond donors (Lipinski definition) is 1. The number of para-hydroxylation sites is 2. The molecule has 0 amide bonds. The monoisotopic (exact) mass is 625 g/mol. The van der Waals surface area contributed by atoms with Crippen LogP contribution in [0.4, 0.5) is 8.78 Å². The van der Waals surface area contributed by atoms with Gasteiger partial charge >= 0.3 is 5.69 Å². The van der Waals surface area contributed by atoms with Gasteiger partial charge in [-0.1, -0.05) is 48.5 Å². The molecule has 6 rings (SSSR count). The molecule has 7 nitrogen and oxygen atoms in total. The van der Waals surface area contributed by atoms with Gasteiger partial charge in [-0.3, -0.25) is 9.36 Å². The first kappa shape index (κ1) is 30.0. The van der Waals surface area contributed by atoms with Crippen molar-refractivity contribution in [1.29, 1.82) is 0 Å². The van der Waals surface area contributed by atoms with Gasteiger partial charge in [-0.05, 0) is 65.2 Å². The van der Waals surface area contributed by atoms with E-state index in [9.17, 15) is 18.4 Å². The van der Waals surface area contributed by atoms with Crippen LogP contribution < -0.4 is 26.0 Å². The van der Waals surface area contributed by atoms with E-state index in [0.717, 1.165) is 32.7 Å². The topological polar surface area (TPSA) is 74.5 Å². The largest absolute Gasteiger partial charge is 0.497 e. The second-order valence-electron chi connectivity index (χ2n) is 10.3. The molecule has 0 aliphatic rings. The first-order valence-electron chi connectivity index (χ1n) is 14.2. The van der Waals surface area contributed by atoms with Crippen LogP contribution in [0.25, 0.3) is 26.3 Å². The van der Waals surface area contributed by atoms with Crippen LogP contribution in [-0.4, -0.2) is 23.4 Å². The zero-order valence-electron chi connectivity index (χ0n) is 24.6. The van der Waals surface area contributed by atoms with E-state index in [4.69, 9.17) is 9.47 Å². The summed E-state index contributed by atoms with van der Waals surface area (Å²) in [4.78, 5) is 29.7. The Hall–Kier alpha value is -5.06. The maximum atomic E-state index is 15.0. The van der Waals surface area contributed by atoms with E-state index in [-0.39, 0.29) is 23.2 Å². The van der Waals surface area contributed by atoms with Crippen LogP contribution in [-0.2, 0) is 19.6 Å². The normalized spacial score (nSPS) is 11.2. The van der Waals surface area contributed by atoms with E-state index in [1.807, 2.05) is 54.6 Å². The van der Waals surface area contributed by atoms with Gasteiger partial charge in [0.15, 0.2) is 0 Å². The Labute approximate surface area is 261 Å². The fourth-order valence-corrected chi connectivity index (χ4v) is 6.66. The van der Waals surface area contributed by atoms with Crippen molar-refractivity contribution in [2.75, 3.05) is 14.2 Å². The highest BCUT2D eigenvalue weighted by atomic mass is 32.1. The van der Waals surface area contributed by atoms with Gasteiger partial charge in [-0.2, -0.15) is 0 Å². The molecular weight excluding hydrogens is 596 g/mol. The molecular formula is C35H29F2N3O4S. The zero-order chi connectivity index (χ0) is 31.5. The molecule has 228 valence electrons. The summed E-state index contributed by atoms with van der Waals surface area (Å²) in [6, 6.07) is 27.4. The summed E-state index contributed by atoms with van der Waals surface area (Å²) in [6.45, 7) is 0.382. The van der Waals surface area contributed by atoms with Gasteiger partial charge in [0.1, 0.15) is 28.0 Å². The van der Waals surface area contributed by atoms with Gasteiger partial charge in [0.2, 0.25) is 0 Å². The number of ether oxygens (including phenoxy) is 2. The van der Waals surface area contributed by atoms with E-state index in [1.165, 1.54) is 29.1 Å². The average Bonchev–Trinajstić information content (AvgIpc) is 3.44. The smallest absolute Gasteiger partial charge is 0.337 e. The van der Waals surface area contributed by atoms with Gasteiger partial charge < -0.3 is 14.8 Å². The number of rotatable bonds is 10. The standard InChI is InChI=1S/C35H29F2N3O4S/c1-43-24-17-15-23(16-18-24)32-25(20-38-19-22-9-4-3-5-10-22)31-33(41)40(29-13-6-7-14-30(29)44-2)35(42)39(34(31)45-32)21-26-27(36)11-8-12-28(26)37/h3-18,38H,19-21H2,1-2H3. The van der Waals surface area contributed by atoms with Crippen LogP contribution >= 0.6 is 11.3 Å². The molecule has 2 heterocycles. The Morgan fingerprint density at radius 2 is 1.44 bits per heavy atom. The van der Waals surface area contributed by atoms with Crippen molar-refractivity contribution in [1.82, 2.24) is 14.5 Å². The highest BCUT2D eigenvalue weighted by Gasteiger charge is 2.25. The highest BCUT2D eigenvalue weighted by Crippen LogP contribution is 2.38. The molecule has 0 atom stereocenters. The zero-order valence-corrected chi connectivity index (χ0v) is 25.4. The molecule has 0 aliphatic heterocycles. The van der Waals surface area contributed by atoms with E-state index in [2.05, 4.69) is 5.32 Å². The molecule has 0 bridgehead atoms. The highest BCUT2D eigenvalue weighted by molar-refractivity contribution is 7.22. The molecule has 0 aliphatic carbocycles. The van der Waals surface area contributed by atoms with Gasteiger partial charge in [0.05, 0.1) is 31.8 Å². The average molecular weight is 626 g/mol. The summed E-state index contributed by atoms with van der Waals surface area (Å²) in [5.74, 6) is -0.619. The Morgan fingerprint density at radius 3 is 2.13 bits per heavy atom. The Bertz CT molecular complexity index is 2090. The first-order valence-corrected chi connectivity index (χ1v) is 15.0. The summed E-state index contributed by atoms with van der Waals surface area (Å²) < 4.78 is 43.1. The van der Waals surface area contributed by atoms with E-state index in [1.54, 1.807) is 31.4 Å². The molecule has 10 heteroatoms. The fourth-order valence-electron chi connectivity index (χ4n) is 5.35. The minimum Gasteiger partial charge on any atom is -0.497 e. The fraction of sp³-hybridized carbons (Fsp3) is 0.143. The van der Waals surface area contributed by atoms with Crippen molar-refractivity contribution in [3.05, 3.63) is 146 Å². The summed E-state index contributed by atoms with van der Waals surface area (Å²) >= 11 is 1.23. The summed E-state index contributed by atoms with van der Waals surface area (Å²) in [6.07, 6.45) is 0. The molecule has 0 unspecified atom stereocenters. The second-order valence-corrected chi connectivity index (χ2v) is 11.3. The van der Waals surface area contributed by atoms with Gasteiger partial charge in [0.25, 0.3) is 5.56 Å². The number of benzene rings is 4. The molecule has 0 saturated carbocycles. The van der Waals surface area contributed by atoms with Crippen molar-refractivity contribution in [2.45, 2.75) is 19.6 Å². The lowest BCUT2D eigenvalue weighted by molar-refractivity contribution is 0.411. The number of fused-ring (bicyclic) bond motifs is 1. The first-order chi connectivity index (χ1) is 21.9. The quantitative estimate of drug-likeness (QED) is 0.188. The third kappa shape index (κ3) is 5.77. The van der Waals surface area contributed by atoms with Crippen LogP contribution in [0.3, 0.4) is 0 Å². The number of nitrogens with zero attached hydrogens (tertiary/aromatic N) is 2. The van der Waals surface area contributed by atoms with Gasteiger partial charge in [0, 0.05) is 23.5 Å². The molecule has 0 radical (unpaired) electrons. The number of methoxy groups -OCH3 is 2. The molecule has 45 heavy (non-hydrogen) atoms. The van der Waals surface area contributed by atoms with Crippen molar-refractivity contribution < 1.29 is 18.3 Å². The second kappa shape index (κ2) is 12.9. The maximum absolute atomic E-state index is 15.0. The minimum atomic E-state index is -0.790. The third-order valence-corrected chi connectivity index (χ3v) is 8.91. The molecule has 0 fully saturated rings. The predicted molar refractivity (Wildman–Crippen MR) is 173 cm³/mol. The number of nitrogens with one attached hydrogen (secondary N) is 1. The summed E-state index contributed by atoms with van der Waals surface area (Å²) in [7, 11) is 3.02. The lowest BCUT2D eigenvalue weighted by Gasteiger charge is -2.15. The van der Waals surface area contributed by atoms with Crippen molar-refractivity contribution in [2.24, 2.45) is 0 Å². The van der Waals surface area contributed by atoms with Crippen LogP contribution in [0.15, 0.2) is 107 Å². The number of thiophene rings is 1. The van der Waals surface area contributed by atoms with Crippen LogP contribution in [0.2, 0.25) is 0 Å².